The molecule has 1 amide bonds. The van der Waals surface area contributed by atoms with Crippen LogP contribution in [0.1, 0.15) is 21.6 Å². The van der Waals surface area contributed by atoms with Crippen LogP contribution in [0.15, 0.2) is 48.5 Å². The van der Waals surface area contributed by atoms with Crippen molar-refractivity contribution in [2.24, 2.45) is 0 Å². The molecule has 0 saturated carbocycles. The Morgan fingerprint density at radius 2 is 1.66 bits per heavy atom. The standard InChI is InChI=1S/C23H23FN4O4/c24-18-7-3-15(4-8-18)13-25-22(30)19-20(29)23(31)27-21(26-19)17-5-1-16(2-6-17)14-28-9-11-32-12-10-28/h1-8,29H,9-14H2,(H,25,30)(H,26,27,31). The average Bonchev–Trinajstić information content (AvgIpc) is 2.81. The van der Waals surface area contributed by atoms with Gasteiger partial charge in [0.15, 0.2) is 11.5 Å². The van der Waals surface area contributed by atoms with E-state index in [2.05, 4.69) is 20.2 Å². The Morgan fingerprint density at radius 1 is 1.00 bits per heavy atom. The summed E-state index contributed by atoms with van der Waals surface area (Å²) in [5.41, 5.74) is 2.04. The van der Waals surface area contributed by atoms with Crippen LogP contribution >= 0.6 is 0 Å². The Morgan fingerprint density at radius 3 is 2.34 bits per heavy atom. The van der Waals surface area contributed by atoms with E-state index in [0.717, 1.165) is 38.4 Å². The Kier molecular flexibility index (Phi) is 6.58. The van der Waals surface area contributed by atoms with E-state index in [9.17, 15) is 19.4 Å². The molecule has 0 spiro atoms. The molecule has 2 heterocycles. The van der Waals surface area contributed by atoms with Crippen molar-refractivity contribution in [1.82, 2.24) is 20.2 Å². The summed E-state index contributed by atoms with van der Waals surface area (Å²) in [6.45, 7) is 4.12. The van der Waals surface area contributed by atoms with E-state index in [-0.39, 0.29) is 23.9 Å². The molecule has 166 valence electrons. The van der Waals surface area contributed by atoms with Crippen LogP contribution in [0.2, 0.25) is 0 Å². The molecule has 1 aromatic heterocycles. The van der Waals surface area contributed by atoms with Crippen LogP contribution in [-0.2, 0) is 17.8 Å². The number of nitrogens with zero attached hydrogens (tertiary/aromatic N) is 3. The highest BCUT2D eigenvalue weighted by molar-refractivity contribution is 5.95. The molecule has 1 fully saturated rings. The summed E-state index contributed by atoms with van der Waals surface area (Å²) >= 11 is 0. The first-order valence-electron chi connectivity index (χ1n) is 10.2. The molecule has 3 aromatic rings. The molecule has 3 N–H and O–H groups in total. The number of halogens is 1. The minimum absolute atomic E-state index is 0.106. The van der Waals surface area contributed by atoms with E-state index < -0.39 is 17.5 Å². The minimum atomic E-state index is -0.700. The summed E-state index contributed by atoms with van der Waals surface area (Å²) in [6.07, 6.45) is 0. The molecule has 8 nitrogen and oxygen atoms in total. The lowest BCUT2D eigenvalue weighted by Gasteiger charge is -2.26. The average molecular weight is 438 g/mol. The lowest BCUT2D eigenvalue weighted by molar-refractivity contribution is 0.0342. The Hall–Kier alpha value is -3.56. The highest BCUT2D eigenvalue weighted by atomic mass is 19.1. The summed E-state index contributed by atoms with van der Waals surface area (Å²) in [7, 11) is 0. The van der Waals surface area contributed by atoms with Crippen molar-refractivity contribution in [3.8, 4) is 23.0 Å². The van der Waals surface area contributed by atoms with Crippen LogP contribution in [-0.4, -0.2) is 57.3 Å². The van der Waals surface area contributed by atoms with Crippen LogP contribution in [0, 0.1) is 5.82 Å². The number of benzene rings is 2. The van der Waals surface area contributed by atoms with Gasteiger partial charge >= 0.3 is 0 Å². The number of rotatable bonds is 6. The maximum absolute atomic E-state index is 13.0. The second-order valence-corrected chi connectivity index (χ2v) is 7.46. The van der Waals surface area contributed by atoms with Crippen molar-refractivity contribution in [2.75, 3.05) is 26.3 Å². The Labute approximate surface area is 184 Å². The lowest BCUT2D eigenvalue weighted by Crippen LogP contribution is -2.35. The van der Waals surface area contributed by atoms with E-state index in [1.54, 1.807) is 0 Å². The fourth-order valence-corrected chi connectivity index (χ4v) is 3.38. The molecule has 2 aromatic carbocycles. The fraction of sp³-hybridized carbons (Fsp3) is 0.261. The van der Waals surface area contributed by atoms with Crippen molar-refractivity contribution in [2.45, 2.75) is 13.1 Å². The van der Waals surface area contributed by atoms with Gasteiger partial charge in [-0.2, -0.15) is 4.98 Å². The Bertz CT molecular complexity index is 1080. The molecule has 4 rings (SSSR count). The maximum Gasteiger partial charge on any atom is 0.274 e. The van der Waals surface area contributed by atoms with Crippen LogP contribution in [0.5, 0.6) is 11.6 Å². The number of ether oxygens (including phenoxy) is 1. The predicted octanol–water partition coefficient (Wildman–Crippen LogP) is 2.46. The SMILES string of the molecule is O=C(NCc1ccc(F)cc1)c1nc(-c2ccc(CN3CCOCC3)cc2)nc(O)c1O. The van der Waals surface area contributed by atoms with E-state index in [1.807, 2.05) is 24.3 Å². The van der Waals surface area contributed by atoms with E-state index in [0.29, 0.717) is 11.1 Å². The maximum atomic E-state index is 13.0. The summed E-state index contributed by atoms with van der Waals surface area (Å²) in [5, 5.41) is 22.7. The molecule has 0 radical (unpaired) electrons. The van der Waals surface area contributed by atoms with Crippen molar-refractivity contribution in [3.05, 3.63) is 71.2 Å². The second-order valence-electron chi connectivity index (χ2n) is 7.46. The third kappa shape index (κ3) is 5.19. The van der Waals surface area contributed by atoms with Gasteiger partial charge in [-0.3, -0.25) is 9.69 Å². The van der Waals surface area contributed by atoms with Crippen molar-refractivity contribution >= 4 is 5.91 Å². The molecule has 32 heavy (non-hydrogen) atoms. The second kappa shape index (κ2) is 9.71. The number of aromatic hydroxyl groups is 2. The van der Waals surface area contributed by atoms with E-state index in [4.69, 9.17) is 4.74 Å². The molecule has 0 bridgehead atoms. The van der Waals surface area contributed by atoms with Crippen LogP contribution in [0.25, 0.3) is 11.4 Å². The first-order valence-corrected chi connectivity index (χ1v) is 10.2. The molecule has 9 heteroatoms. The number of carbonyl (C=O) groups excluding carboxylic acids is 1. The summed E-state index contributed by atoms with van der Waals surface area (Å²) in [5.74, 6) is -2.33. The van der Waals surface area contributed by atoms with Gasteiger partial charge in [0, 0.05) is 31.7 Å². The zero-order valence-electron chi connectivity index (χ0n) is 17.3. The third-order valence-electron chi connectivity index (χ3n) is 5.17. The largest absolute Gasteiger partial charge is 0.501 e. The first kappa shape index (κ1) is 21.7. The monoisotopic (exact) mass is 438 g/mol. The summed E-state index contributed by atoms with van der Waals surface area (Å²) < 4.78 is 18.4. The number of morpholine rings is 1. The van der Waals surface area contributed by atoms with Gasteiger partial charge in [0.1, 0.15) is 5.82 Å². The number of hydrogen-bond donors (Lipinski definition) is 3. The zero-order chi connectivity index (χ0) is 22.5. The van der Waals surface area contributed by atoms with Gasteiger partial charge in [-0.05, 0) is 23.3 Å². The van der Waals surface area contributed by atoms with Gasteiger partial charge in [-0.15, -0.1) is 0 Å². The minimum Gasteiger partial charge on any atom is -0.501 e. The van der Waals surface area contributed by atoms with Crippen molar-refractivity contribution in [1.29, 1.82) is 0 Å². The van der Waals surface area contributed by atoms with Crippen molar-refractivity contribution < 1.29 is 24.1 Å². The summed E-state index contributed by atoms with van der Waals surface area (Å²) in [4.78, 5) is 22.9. The molecular formula is C23H23FN4O4. The van der Waals surface area contributed by atoms with Crippen LogP contribution in [0.4, 0.5) is 4.39 Å². The number of hydrogen-bond acceptors (Lipinski definition) is 7. The molecule has 0 unspecified atom stereocenters. The van der Waals surface area contributed by atoms with Gasteiger partial charge in [-0.1, -0.05) is 36.4 Å². The summed E-state index contributed by atoms with van der Waals surface area (Å²) in [6, 6.07) is 13.1. The molecule has 1 saturated heterocycles. The van der Waals surface area contributed by atoms with Crippen molar-refractivity contribution in [3.63, 3.8) is 0 Å². The zero-order valence-corrected chi connectivity index (χ0v) is 17.3. The highest BCUT2D eigenvalue weighted by Crippen LogP contribution is 2.29. The Balaban J connectivity index is 1.48. The highest BCUT2D eigenvalue weighted by Gasteiger charge is 2.20. The van der Waals surface area contributed by atoms with Gasteiger partial charge < -0.3 is 20.3 Å². The predicted molar refractivity (Wildman–Crippen MR) is 114 cm³/mol. The normalized spacial score (nSPS) is 14.3. The topological polar surface area (TPSA) is 108 Å². The number of amides is 1. The smallest absolute Gasteiger partial charge is 0.274 e. The fourth-order valence-electron chi connectivity index (χ4n) is 3.38. The van der Waals surface area contributed by atoms with Gasteiger partial charge in [-0.25, -0.2) is 9.37 Å². The molecular weight excluding hydrogens is 415 g/mol. The lowest BCUT2D eigenvalue weighted by atomic mass is 10.1. The van der Waals surface area contributed by atoms with E-state index >= 15 is 0 Å². The number of aromatic nitrogens is 2. The number of nitrogens with one attached hydrogen (secondary N) is 1. The first-order chi connectivity index (χ1) is 15.5. The van der Waals surface area contributed by atoms with E-state index in [1.165, 1.54) is 24.3 Å². The third-order valence-corrected chi connectivity index (χ3v) is 5.17. The van der Waals surface area contributed by atoms with Gasteiger partial charge in [0.25, 0.3) is 11.8 Å². The van der Waals surface area contributed by atoms with Crippen LogP contribution in [0.3, 0.4) is 0 Å². The van der Waals surface area contributed by atoms with Gasteiger partial charge in [0.05, 0.1) is 13.2 Å². The molecule has 0 atom stereocenters. The molecule has 0 aliphatic carbocycles. The van der Waals surface area contributed by atoms with Crippen LogP contribution < -0.4 is 5.32 Å². The molecule has 1 aliphatic rings. The quantitative estimate of drug-likeness (QED) is 0.543. The number of carbonyl (C=O) groups is 1. The van der Waals surface area contributed by atoms with Gasteiger partial charge in [0.2, 0.25) is 5.75 Å². The molecule has 1 aliphatic heterocycles.